The van der Waals surface area contributed by atoms with Crippen molar-refractivity contribution in [3.8, 4) is 17.0 Å². The van der Waals surface area contributed by atoms with Gasteiger partial charge < -0.3 is 9.30 Å². The van der Waals surface area contributed by atoms with Gasteiger partial charge in [0.1, 0.15) is 5.69 Å². The van der Waals surface area contributed by atoms with E-state index in [0.717, 1.165) is 36.5 Å². The minimum atomic E-state index is -3.09. The molecule has 4 rings (SSSR count). The van der Waals surface area contributed by atoms with Gasteiger partial charge in [0.05, 0.1) is 12.0 Å². The fraction of sp³-hybridized carbons (Fsp3) is 0.320. The van der Waals surface area contributed by atoms with Crippen molar-refractivity contribution in [1.82, 2.24) is 14.5 Å². The van der Waals surface area contributed by atoms with Crippen LogP contribution < -0.4 is 4.74 Å². The lowest BCUT2D eigenvalue weighted by Crippen LogP contribution is -2.17. The first kappa shape index (κ1) is 22.8. The van der Waals surface area contributed by atoms with Gasteiger partial charge in [-0.25, -0.2) is 9.37 Å². The number of hydrogen-bond acceptors (Lipinski definition) is 4. The molecule has 2 heterocycles. The first-order valence-electron chi connectivity index (χ1n) is 10.8. The number of ketones is 1. The van der Waals surface area contributed by atoms with E-state index in [9.17, 15) is 18.0 Å². The number of aryl methyl sites for hydroxylation is 1. The Labute approximate surface area is 189 Å². The van der Waals surface area contributed by atoms with Gasteiger partial charge >= 0.3 is 6.61 Å². The summed E-state index contributed by atoms with van der Waals surface area (Å²) in [5.74, 6) is -0.961. The summed E-state index contributed by atoms with van der Waals surface area (Å²) in [4.78, 5) is 21.1. The van der Waals surface area contributed by atoms with Crippen molar-refractivity contribution < 1.29 is 22.7 Å². The van der Waals surface area contributed by atoms with Crippen LogP contribution in [0.15, 0.2) is 60.7 Å². The van der Waals surface area contributed by atoms with Crippen LogP contribution in [-0.4, -0.2) is 26.9 Å². The smallest absolute Gasteiger partial charge is 0.387 e. The highest BCUT2D eigenvalue weighted by Gasteiger charge is 2.24. The van der Waals surface area contributed by atoms with E-state index in [1.165, 1.54) is 12.1 Å². The first-order valence-corrected chi connectivity index (χ1v) is 10.8. The number of halogens is 3. The number of Topliss-reactive ketones (excluding diaryl/α,β-unsaturated/α-hetero) is 1. The fourth-order valence-electron chi connectivity index (χ4n) is 3.85. The molecule has 5 nitrogen and oxygen atoms in total. The maximum atomic E-state index is 14.1. The fourth-order valence-corrected chi connectivity index (χ4v) is 3.85. The SMILES string of the molecule is Cn1cnc(C(=O)C/C(=C/Cc2ccnc(-c3ccc(OC(F)F)c(F)c3)c2)C2CCC2)c1. The number of carbonyl (C=O) groups excluding carboxylic acids is 1. The molecule has 1 aliphatic rings. The van der Waals surface area contributed by atoms with Crippen LogP contribution in [0.1, 0.15) is 41.7 Å². The summed E-state index contributed by atoms with van der Waals surface area (Å²) in [5, 5.41) is 0. The number of ether oxygens (including phenoxy) is 1. The Kier molecular flexibility index (Phi) is 6.91. The van der Waals surface area contributed by atoms with Gasteiger partial charge in [0.15, 0.2) is 17.3 Å². The van der Waals surface area contributed by atoms with Crippen LogP contribution in [-0.2, 0) is 13.5 Å². The molecule has 2 aromatic heterocycles. The average Bonchev–Trinajstić information content (AvgIpc) is 3.18. The highest BCUT2D eigenvalue weighted by molar-refractivity contribution is 5.95. The predicted octanol–water partition coefficient (Wildman–Crippen LogP) is 5.76. The lowest BCUT2D eigenvalue weighted by atomic mass is 9.77. The Morgan fingerprint density at radius 2 is 2.06 bits per heavy atom. The molecule has 0 saturated heterocycles. The number of pyridine rings is 1. The largest absolute Gasteiger partial charge is 0.432 e. The molecular weight excluding hydrogens is 431 g/mol. The third-order valence-electron chi connectivity index (χ3n) is 5.85. The van der Waals surface area contributed by atoms with Crippen molar-refractivity contribution in [3.05, 3.63) is 77.8 Å². The molecule has 1 aliphatic carbocycles. The number of rotatable bonds is 9. The zero-order valence-electron chi connectivity index (χ0n) is 18.2. The van der Waals surface area contributed by atoms with Crippen molar-refractivity contribution in [2.24, 2.45) is 13.0 Å². The molecule has 0 aliphatic heterocycles. The van der Waals surface area contributed by atoms with E-state index in [1.54, 1.807) is 23.3 Å². The number of benzene rings is 1. The molecule has 1 fully saturated rings. The molecule has 0 spiro atoms. The zero-order valence-corrected chi connectivity index (χ0v) is 18.2. The van der Waals surface area contributed by atoms with E-state index >= 15 is 0 Å². The average molecular weight is 455 g/mol. The van der Waals surface area contributed by atoms with Crippen molar-refractivity contribution in [3.63, 3.8) is 0 Å². The van der Waals surface area contributed by atoms with Crippen molar-refractivity contribution >= 4 is 5.78 Å². The van der Waals surface area contributed by atoms with Crippen LogP contribution >= 0.6 is 0 Å². The second kappa shape index (κ2) is 10.0. The number of carbonyl (C=O) groups is 1. The van der Waals surface area contributed by atoms with E-state index in [-0.39, 0.29) is 5.78 Å². The molecule has 3 aromatic rings. The maximum Gasteiger partial charge on any atom is 0.387 e. The summed E-state index contributed by atoms with van der Waals surface area (Å²) in [6.45, 7) is -3.09. The molecule has 0 atom stereocenters. The Morgan fingerprint density at radius 1 is 1.24 bits per heavy atom. The number of imidazole rings is 1. The quantitative estimate of drug-likeness (QED) is 0.304. The minimum absolute atomic E-state index is 0.00532. The molecule has 0 unspecified atom stereocenters. The Balaban J connectivity index is 1.50. The summed E-state index contributed by atoms with van der Waals surface area (Å²) in [6.07, 6.45) is 11.3. The monoisotopic (exact) mass is 455 g/mol. The summed E-state index contributed by atoms with van der Waals surface area (Å²) in [5.41, 5.74) is 3.53. The number of allylic oxidation sites excluding steroid dienone is 2. The number of nitrogens with zero attached hydrogens (tertiary/aromatic N) is 3. The predicted molar refractivity (Wildman–Crippen MR) is 118 cm³/mol. The van der Waals surface area contributed by atoms with Gasteiger partial charge in [0, 0.05) is 31.4 Å². The number of alkyl halides is 2. The molecule has 0 N–H and O–H groups in total. The van der Waals surface area contributed by atoms with E-state index in [4.69, 9.17) is 0 Å². The highest BCUT2D eigenvalue weighted by atomic mass is 19.3. The molecule has 1 saturated carbocycles. The molecule has 0 bridgehead atoms. The Morgan fingerprint density at radius 3 is 2.70 bits per heavy atom. The molecule has 172 valence electrons. The van der Waals surface area contributed by atoms with Gasteiger partial charge in [0.25, 0.3) is 0 Å². The van der Waals surface area contributed by atoms with Gasteiger partial charge in [-0.1, -0.05) is 18.1 Å². The van der Waals surface area contributed by atoms with E-state index < -0.39 is 18.2 Å². The number of hydrogen-bond donors (Lipinski definition) is 0. The van der Waals surface area contributed by atoms with Gasteiger partial charge in [0.2, 0.25) is 0 Å². The Hall–Kier alpha value is -3.42. The summed E-state index contributed by atoms with van der Waals surface area (Å²) < 4.78 is 44.7. The van der Waals surface area contributed by atoms with Gasteiger partial charge in [-0.05, 0) is 61.1 Å². The summed E-state index contributed by atoms with van der Waals surface area (Å²) in [7, 11) is 1.83. The van der Waals surface area contributed by atoms with Gasteiger partial charge in [-0.2, -0.15) is 8.78 Å². The van der Waals surface area contributed by atoms with Crippen LogP contribution in [0.5, 0.6) is 5.75 Å². The molecule has 0 radical (unpaired) electrons. The minimum Gasteiger partial charge on any atom is -0.432 e. The van der Waals surface area contributed by atoms with E-state index in [1.807, 2.05) is 19.2 Å². The lowest BCUT2D eigenvalue weighted by Gasteiger charge is -2.28. The lowest BCUT2D eigenvalue weighted by molar-refractivity contribution is -0.0521. The molecule has 0 amide bonds. The van der Waals surface area contributed by atoms with Crippen molar-refractivity contribution in [2.75, 3.05) is 0 Å². The molecule has 33 heavy (non-hydrogen) atoms. The third kappa shape index (κ3) is 5.69. The van der Waals surface area contributed by atoms with Crippen LogP contribution in [0.4, 0.5) is 13.2 Å². The summed E-state index contributed by atoms with van der Waals surface area (Å²) >= 11 is 0. The van der Waals surface area contributed by atoms with E-state index in [0.29, 0.717) is 35.7 Å². The normalized spacial score (nSPS) is 14.4. The molecule has 8 heteroatoms. The maximum absolute atomic E-state index is 14.1. The van der Waals surface area contributed by atoms with Crippen LogP contribution in [0.3, 0.4) is 0 Å². The van der Waals surface area contributed by atoms with Gasteiger partial charge in [-0.15, -0.1) is 0 Å². The standard InChI is InChI=1S/C25H24F3N3O2/c1-31-14-22(30-15-31)23(32)13-18(17-3-2-4-17)6-5-16-9-10-29-21(11-16)19-7-8-24(20(26)12-19)33-25(27)28/h6-12,14-15,17,25H,2-5,13H2,1H3/b18-6-. The molecule has 1 aromatic carbocycles. The second-order valence-electron chi connectivity index (χ2n) is 8.21. The van der Waals surface area contributed by atoms with Crippen LogP contribution in [0.25, 0.3) is 11.3 Å². The summed E-state index contributed by atoms with van der Waals surface area (Å²) in [6, 6.07) is 7.49. The third-order valence-corrected chi connectivity index (χ3v) is 5.85. The highest BCUT2D eigenvalue weighted by Crippen LogP contribution is 2.35. The van der Waals surface area contributed by atoms with Crippen LogP contribution in [0.2, 0.25) is 0 Å². The van der Waals surface area contributed by atoms with Crippen molar-refractivity contribution in [1.29, 1.82) is 0 Å². The van der Waals surface area contributed by atoms with Gasteiger partial charge in [-0.3, -0.25) is 9.78 Å². The topological polar surface area (TPSA) is 57.0 Å². The van der Waals surface area contributed by atoms with E-state index in [2.05, 4.69) is 20.8 Å². The second-order valence-corrected chi connectivity index (χ2v) is 8.21. The number of aromatic nitrogens is 3. The zero-order chi connectivity index (χ0) is 23.4. The van der Waals surface area contributed by atoms with Crippen LogP contribution in [0, 0.1) is 11.7 Å². The Bertz CT molecular complexity index is 1170. The first-order chi connectivity index (χ1) is 15.9. The molecular formula is C25H24F3N3O2. The van der Waals surface area contributed by atoms with Crippen molar-refractivity contribution in [2.45, 2.75) is 38.7 Å².